The first kappa shape index (κ1) is 16.6. The summed E-state index contributed by atoms with van der Waals surface area (Å²) in [6.45, 7) is 3.52. The molecule has 0 spiro atoms. The summed E-state index contributed by atoms with van der Waals surface area (Å²) in [5.74, 6) is 1.22. The van der Waals surface area contributed by atoms with Gasteiger partial charge < -0.3 is 5.11 Å². The topological polar surface area (TPSA) is 26.5 Å². The first-order valence-electron chi connectivity index (χ1n) is 9.04. The zero-order valence-electron chi connectivity index (χ0n) is 14.6. The van der Waals surface area contributed by atoms with E-state index in [9.17, 15) is 5.11 Å². The predicted octanol–water partition coefficient (Wildman–Crippen LogP) is 4.30. The minimum Gasteiger partial charge on any atom is -0.346 e. The SMILES string of the molecule is Cc1ccc([C@@]2(O)CN(c3ccc(Cl)cc3)C3=[N+]2CCCCC3)cc1. The van der Waals surface area contributed by atoms with Gasteiger partial charge in [-0.05, 0) is 50.5 Å². The largest absolute Gasteiger partial charge is 0.346 e. The first-order chi connectivity index (χ1) is 12.1. The van der Waals surface area contributed by atoms with Gasteiger partial charge in [0.1, 0.15) is 5.69 Å². The van der Waals surface area contributed by atoms with Crippen molar-refractivity contribution in [3.63, 3.8) is 0 Å². The van der Waals surface area contributed by atoms with Crippen molar-refractivity contribution >= 4 is 23.1 Å². The van der Waals surface area contributed by atoms with Gasteiger partial charge in [-0.3, -0.25) is 0 Å². The lowest BCUT2D eigenvalue weighted by Crippen LogP contribution is -2.41. The van der Waals surface area contributed by atoms with Crippen molar-refractivity contribution in [2.24, 2.45) is 0 Å². The number of amidine groups is 1. The van der Waals surface area contributed by atoms with Crippen molar-refractivity contribution in [3.05, 3.63) is 64.7 Å². The van der Waals surface area contributed by atoms with E-state index in [4.69, 9.17) is 11.6 Å². The lowest BCUT2D eigenvalue weighted by atomic mass is 10.0. The first-order valence-corrected chi connectivity index (χ1v) is 9.42. The van der Waals surface area contributed by atoms with Crippen molar-refractivity contribution in [2.75, 3.05) is 18.0 Å². The lowest BCUT2D eigenvalue weighted by Gasteiger charge is -2.23. The summed E-state index contributed by atoms with van der Waals surface area (Å²) in [7, 11) is 0. The van der Waals surface area contributed by atoms with Gasteiger partial charge in [0, 0.05) is 17.0 Å². The van der Waals surface area contributed by atoms with E-state index in [2.05, 4.69) is 40.7 Å². The average molecular weight is 356 g/mol. The molecule has 2 aromatic carbocycles. The summed E-state index contributed by atoms with van der Waals surface area (Å²) >= 11 is 6.06. The molecule has 0 saturated carbocycles. The van der Waals surface area contributed by atoms with Crippen LogP contribution in [0.1, 0.15) is 36.8 Å². The molecule has 0 radical (unpaired) electrons. The fourth-order valence-corrected chi connectivity index (χ4v) is 4.12. The molecule has 0 aliphatic carbocycles. The minimum absolute atomic E-state index is 0.549. The third-order valence-electron chi connectivity index (χ3n) is 5.38. The minimum atomic E-state index is -0.979. The number of aliphatic hydroxyl groups is 1. The van der Waals surface area contributed by atoms with Crippen LogP contribution in [0, 0.1) is 6.92 Å². The summed E-state index contributed by atoms with van der Waals surface area (Å²) in [5.41, 5.74) is 2.29. The molecule has 0 fully saturated rings. The number of benzene rings is 2. The van der Waals surface area contributed by atoms with E-state index in [0.717, 1.165) is 35.7 Å². The Morgan fingerprint density at radius 3 is 2.44 bits per heavy atom. The van der Waals surface area contributed by atoms with Crippen LogP contribution < -0.4 is 4.90 Å². The van der Waals surface area contributed by atoms with E-state index >= 15 is 0 Å². The second-order valence-corrected chi connectivity index (χ2v) is 7.56. The highest BCUT2D eigenvalue weighted by Gasteiger charge is 2.51. The maximum atomic E-state index is 11.7. The molecule has 0 unspecified atom stereocenters. The number of hydrogen-bond acceptors (Lipinski definition) is 2. The third kappa shape index (κ3) is 2.96. The molecule has 1 N–H and O–H groups in total. The van der Waals surface area contributed by atoms with Crippen molar-refractivity contribution in [2.45, 2.75) is 38.3 Å². The number of hydrogen-bond donors (Lipinski definition) is 1. The van der Waals surface area contributed by atoms with Gasteiger partial charge in [-0.15, -0.1) is 0 Å². The molecule has 0 bridgehead atoms. The van der Waals surface area contributed by atoms with Gasteiger partial charge in [-0.1, -0.05) is 41.4 Å². The number of halogens is 1. The van der Waals surface area contributed by atoms with Crippen LogP contribution in [0.15, 0.2) is 48.5 Å². The number of anilines is 1. The Hall–Kier alpha value is -1.84. The summed E-state index contributed by atoms with van der Waals surface area (Å²) in [4.78, 5) is 2.27. The van der Waals surface area contributed by atoms with Crippen LogP contribution >= 0.6 is 11.6 Å². The Kier molecular flexibility index (Phi) is 4.30. The highest BCUT2D eigenvalue weighted by atomic mass is 35.5. The van der Waals surface area contributed by atoms with Gasteiger partial charge in [0.05, 0.1) is 6.54 Å². The molecule has 0 aromatic heterocycles. The van der Waals surface area contributed by atoms with Crippen LogP contribution in [0.3, 0.4) is 0 Å². The maximum Gasteiger partial charge on any atom is 0.271 e. The number of aryl methyl sites for hydroxylation is 1. The molecule has 1 atom stereocenters. The van der Waals surface area contributed by atoms with Crippen LogP contribution in [0.5, 0.6) is 0 Å². The Bertz CT molecular complexity index is 798. The van der Waals surface area contributed by atoms with Gasteiger partial charge in [0.15, 0.2) is 6.54 Å². The second kappa shape index (κ2) is 6.47. The van der Waals surface area contributed by atoms with Crippen molar-refractivity contribution in [3.8, 4) is 0 Å². The molecule has 130 valence electrons. The molecular formula is C21H24ClN2O+. The fourth-order valence-electron chi connectivity index (χ4n) is 4.00. The van der Waals surface area contributed by atoms with E-state index in [1.54, 1.807) is 0 Å². The number of rotatable bonds is 2. The van der Waals surface area contributed by atoms with E-state index in [-0.39, 0.29) is 0 Å². The molecular weight excluding hydrogens is 332 g/mol. The quantitative estimate of drug-likeness (QED) is 0.813. The van der Waals surface area contributed by atoms with Crippen molar-refractivity contribution < 1.29 is 9.68 Å². The second-order valence-electron chi connectivity index (χ2n) is 7.12. The monoisotopic (exact) mass is 355 g/mol. The highest BCUT2D eigenvalue weighted by molar-refractivity contribution is 6.30. The molecule has 3 nitrogen and oxygen atoms in total. The zero-order chi connectivity index (χ0) is 17.4. The van der Waals surface area contributed by atoms with E-state index in [1.165, 1.54) is 24.2 Å². The molecule has 2 aliphatic rings. The zero-order valence-corrected chi connectivity index (χ0v) is 15.3. The lowest BCUT2D eigenvalue weighted by molar-refractivity contribution is -0.658. The molecule has 25 heavy (non-hydrogen) atoms. The highest BCUT2D eigenvalue weighted by Crippen LogP contribution is 2.35. The Balaban J connectivity index is 1.79. The van der Waals surface area contributed by atoms with E-state index in [1.807, 2.05) is 24.3 Å². The van der Waals surface area contributed by atoms with Gasteiger partial charge >= 0.3 is 0 Å². The molecule has 0 amide bonds. The maximum absolute atomic E-state index is 11.7. The van der Waals surface area contributed by atoms with Gasteiger partial charge in [0.25, 0.3) is 11.6 Å². The summed E-state index contributed by atoms with van der Waals surface area (Å²) in [5, 5.41) is 12.4. The molecule has 2 aliphatic heterocycles. The van der Waals surface area contributed by atoms with Crippen molar-refractivity contribution in [1.29, 1.82) is 0 Å². The molecule has 4 rings (SSSR count). The average Bonchev–Trinajstić information content (AvgIpc) is 2.78. The third-order valence-corrected chi connectivity index (χ3v) is 5.63. The smallest absolute Gasteiger partial charge is 0.271 e. The molecule has 4 heteroatoms. The van der Waals surface area contributed by atoms with Crippen LogP contribution in [-0.4, -0.2) is 28.6 Å². The van der Waals surface area contributed by atoms with Crippen LogP contribution in [0.2, 0.25) is 5.02 Å². The normalized spacial score (nSPS) is 23.6. The Labute approximate surface area is 154 Å². The van der Waals surface area contributed by atoms with E-state index in [0.29, 0.717) is 6.54 Å². The number of nitrogens with zero attached hydrogens (tertiary/aromatic N) is 2. The van der Waals surface area contributed by atoms with Gasteiger partial charge in [0.2, 0.25) is 0 Å². The predicted molar refractivity (Wildman–Crippen MR) is 102 cm³/mol. The molecule has 2 heterocycles. The van der Waals surface area contributed by atoms with Crippen molar-refractivity contribution in [1.82, 2.24) is 0 Å². The molecule has 0 saturated heterocycles. The fraction of sp³-hybridized carbons (Fsp3) is 0.381. The molecule has 2 aromatic rings. The Morgan fingerprint density at radius 2 is 1.72 bits per heavy atom. The van der Waals surface area contributed by atoms with Crippen LogP contribution in [0.25, 0.3) is 0 Å². The summed E-state index contributed by atoms with van der Waals surface area (Å²) in [6, 6.07) is 16.2. The van der Waals surface area contributed by atoms with Crippen LogP contribution in [0.4, 0.5) is 5.69 Å². The standard InChI is InChI=1S/C21H24ClN2O/c1-16-6-8-17(9-7-16)21(25)15-23(19-12-10-18(22)11-13-19)20-5-3-2-4-14-24(20)21/h6-13,25H,2-5,14-15H2,1H3/q+1/t21-/m0/s1. The van der Waals surface area contributed by atoms with Gasteiger partial charge in [-0.25, -0.2) is 9.48 Å². The van der Waals surface area contributed by atoms with E-state index < -0.39 is 5.72 Å². The number of β-amino-alcohol motifs (C(OH)–C–C–N with tert-alkyl or cyclic N) is 1. The van der Waals surface area contributed by atoms with Crippen LogP contribution in [-0.2, 0) is 5.72 Å². The summed E-state index contributed by atoms with van der Waals surface area (Å²) in [6.07, 6.45) is 4.49. The summed E-state index contributed by atoms with van der Waals surface area (Å²) < 4.78 is 2.22. The van der Waals surface area contributed by atoms with Gasteiger partial charge in [-0.2, -0.15) is 0 Å². The Morgan fingerprint density at radius 1 is 1.00 bits per heavy atom.